The number of ether oxygens (including phenoxy) is 1. The van der Waals surface area contributed by atoms with Gasteiger partial charge in [-0.1, -0.05) is 35.3 Å². The predicted octanol–water partition coefficient (Wildman–Crippen LogP) is 2.67. The van der Waals surface area contributed by atoms with Crippen molar-refractivity contribution in [3.05, 3.63) is 60.4 Å². The molecule has 0 spiro atoms. The van der Waals surface area contributed by atoms with E-state index in [2.05, 4.69) is 20.3 Å². The van der Waals surface area contributed by atoms with Crippen LogP contribution in [0.2, 0.25) is 0 Å². The van der Waals surface area contributed by atoms with Gasteiger partial charge in [0.05, 0.1) is 7.11 Å². The van der Waals surface area contributed by atoms with E-state index in [9.17, 15) is 8.76 Å². The Bertz CT molecular complexity index is 904. The lowest BCUT2D eigenvalue weighted by atomic mass is 10.2. The van der Waals surface area contributed by atoms with Crippen molar-refractivity contribution in [2.24, 2.45) is 0 Å². The largest absolute Gasteiger partial charge is 0.772 e. The number of methoxy groups -OCH3 is 1. The van der Waals surface area contributed by atoms with Crippen LogP contribution in [0.25, 0.3) is 11.4 Å². The Labute approximate surface area is 147 Å². The summed E-state index contributed by atoms with van der Waals surface area (Å²) in [5.41, 5.74) is 2.19. The average Bonchev–Trinajstić information content (AvgIpc) is 2.62. The van der Waals surface area contributed by atoms with Gasteiger partial charge in [-0.15, -0.1) is 0 Å². The highest BCUT2D eigenvalue weighted by molar-refractivity contribution is 7.78. The van der Waals surface area contributed by atoms with E-state index in [1.165, 1.54) is 6.33 Å². The summed E-state index contributed by atoms with van der Waals surface area (Å²) in [7, 11) is 1.60. The first kappa shape index (κ1) is 17.0. The minimum absolute atomic E-state index is 0.0399. The van der Waals surface area contributed by atoms with Crippen molar-refractivity contribution in [2.45, 2.75) is 5.75 Å². The second kappa shape index (κ2) is 7.82. The molecular weight excluding hydrogens is 340 g/mol. The van der Waals surface area contributed by atoms with Gasteiger partial charge in [-0.25, -0.2) is 9.97 Å². The first-order chi connectivity index (χ1) is 12.1. The monoisotopic (exact) mass is 355 g/mol. The standard InChI is InChI=1S/C17H16N4O3S/c1-24-15-7-3-5-13(9-15)16-18-11-19-17(21-16)20-14-6-2-4-12(8-14)10-25(22)23/h2-9,11H,10H2,1H3,(H,22,23)(H,18,19,20,21)/p-1. The van der Waals surface area contributed by atoms with Crippen LogP contribution in [0, 0.1) is 0 Å². The molecule has 0 fully saturated rings. The number of anilines is 2. The summed E-state index contributed by atoms with van der Waals surface area (Å²) in [5, 5.41) is 3.06. The van der Waals surface area contributed by atoms with E-state index in [0.29, 0.717) is 28.8 Å². The van der Waals surface area contributed by atoms with Crippen molar-refractivity contribution in [1.29, 1.82) is 0 Å². The van der Waals surface area contributed by atoms with Crippen molar-refractivity contribution < 1.29 is 13.5 Å². The van der Waals surface area contributed by atoms with Crippen LogP contribution >= 0.6 is 0 Å². The molecule has 8 heteroatoms. The number of benzene rings is 2. The first-order valence-corrected chi connectivity index (χ1v) is 8.64. The van der Waals surface area contributed by atoms with Crippen LogP contribution in [0.15, 0.2) is 54.9 Å². The molecular formula is C17H15N4O3S-. The molecule has 0 saturated carbocycles. The van der Waals surface area contributed by atoms with Crippen molar-refractivity contribution in [1.82, 2.24) is 15.0 Å². The van der Waals surface area contributed by atoms with Gasteiger partial charge in [0, 0.05) is 17.0 Å². The zero-order valence-electron chi connectivity index (χ0n) is 13.4. The zero-order chi connectivity index (χ0) is 17.6. The second-order valence-corrected chi connectivity index (χ2v) is 6.03. The smallest absolute Gasteiger partial charge is 0.230 e. The number of nitrogens with one attached hydrogen (secondary N) is 1. The molecule has 7 nitrogen and oxygen atoms in total. The Morgan fingerprint density at radius 3 is 2.80 bits per heavy atom. The minimum Gasteiger partial charge on any atom is -0.772 e. The molecule has 3 aromatic rings. The summed E-state index contributed by atoms with van der Waals surface area (Å²) < 4.78 is 26.9. The van der Waals surface area contributed by atoms with Crippen molar-refractivity contribution in [3.63, 3.8) is 0 Å². The number of aromatic nitrogens is 3. The summed E-state index contributed by atoms with van der Waals surface area (Å²) in [6.45, 7) is 0. The number of hydrogen-bond acceptors (Lipinski definition) is 7. The maximum absolute atomic E-state index is 10.8. The SMILES string of the molecule is COc1cccc(-c2ncnc(Nc3cccc(CS(=O)[O-])c3)n2)c1. The van der Waals surface area contributed by atoms with Gasteiger partial charge in [-0.05, 0) is 29.8 Å². The summed E-state index contributed by atoms with van der Waals surface area (Å²) in [5.74, 6) is 1.55. The molecule has 1 atom stereocenters. The zero-order valence-corrected chi connectivity index (χ0v) is 14.2. The van der Waals surface area contributed by atoms with E-state index in [1.807, 2.05) is 30.3 Å². The molecule has 0 aliphatic carbocycles. The van der Waals surface area contributed by atoms with Gasteiger partial charge in [0.2, 0.25) is 5.95 Å². The average molecular weight is 355 g/mol. The van der Waals surface area contributed by atoms with Crippen LogP contribution in [0.1, 0.15) is 5.56 Å². The van der Waals surface area contributed by atoms with Gasteiger partial charge >= 0.3 is 0 Å². The van der Waals surface area contributed by atoms with Gasteiger partial charge in [-0.3, -0.25) is 4.21 Å². The molecule has 25 heavy (non-hydrogen) atoms. The topological polar surface area (TPSA) is 100 Å². The molecule has 1 aromatic heterocycles. The third kappa shape index (κ3) is 4.59. The molecule has 2 aromatic carbocycles. The van der Waals surface area contributed by atoms with Crippen LogP contribution in [0.5, 0.6) is 5.75 Å². The molecule has 0 bridgehead atoms. The maximum Gasteiger partial charge on any atom is 0.230 e. The maximum atomic E-state index is 10.8. The molecule has 3 rings (SSSR count). The summed E-state index contributed by atoms with van der Waals surface area (Å²) in [6.07, 6.45) is 1.42. The number of nitrogens with zero attached hydrogens (tertiary/aromatic N) is 3. The molecule has 1 unspecified atom stereocenters. The van der Waals surface area contributed by atoms with Crippen LogP contribution in [0.4, 0.5) is 11.6 Å². The highest BCUT2D eigenvalue weighted by Gasteiger charge is 2.06. The normalized spacial score (nSPS) is 11.8. The van der Waals surface area contributed by atoms with Gasteiger partial charge in [-0.2, -0.15) is 4.98 Å². The molecule has 0 radical (unpaired) electrons. The van der Waals surface area contributed by atoms with Crippen LogP contribution in [0.3, 0.4) is 0 Å². The van der Waals surface area contributed by atoms with Gasteiger partial charge in [0.1, 0.15) is 12.1 Å². The van der Waals surface area contributed by atoms with E-state index < -0.39 is 11.1 Å². The van der Waals surface area contributed by atoms with E-state index in [0.717, 1.165) is 5.56 Å². The summed E-state index contributed by atoms with van der Waals surface area (Å²) >= 11 is -2.13. The lowest BCUT2D eigenvalue weighted by Gasteiger charge is -2.09. The minimum atomic E-state index is -2.13. The fourth-order valence-corrected chi connectivity index (χ4v) is 2.71. The van der Waals surface area contributed by atoms with Crippen molar-refractivity contribution in [2.75, 3.05) is 12.4 Å². The molecule has 1 N–H and O–H groups in total. The van der Waals surface area contributed by atoms with Gasteiger partial charge in [0.15, 0.2) is 5.82 Å². The highest BCUT2D eigenvalue weighted by Crippen LogP contribution is 2.22. The Morgan fingerprint density at radius 2 is 2.00 bits per heavy atom. The quantitative estimate of drug-likeness (QED) is 0.678. The fourth-order valence-electron chi connectivity index (χ4n) is 2.26. The number of hydrogen-bond donors (Lipinski definition) is 1. The lowest BCUT2D eigenvalue weighted by Crippen LogP contribution is -2.01. The Kier molecular flexibility index (Phi) is 5.32. The van der Waals surface area contributed by atoms with Crippen LogP contribution in [-0.4, -0.2) is 30.8 Å². The highest BCUT2D eigenvalue weighted by atomic mass is 32.2. The Morgan fingerprint density at radius 1 is 1.16 bits per heavy atom. The molecule has 0 aliphatic heterocycles. The van der Waals surface area contributed by atoms with E-state index in [4.69, 9.17) is 4.74 Å². The van der Waals surface area contributed by atoms with Gasteiger partial charge in [0.25, 0.3) is 0 Å². The molecule has 128 valence electrons. The first-order valence-electron chi connectivity index (χ1n) is 7.39. The van der Waals surface area contributed by atoms with Crippen LogP contribution < -0.4 is 10.1 Å². The van der Waals surface area contributed by atoms with E-state index in [1.54, 1.807) is 25.3 Å². The molecule has 0 saturated heterocycles. The molecule has 1 heterocycles. The molecule has 0 aliphatic rings. The lowest BCUT2D eigenvalue weighted by molar-refractivity contribution is 0.415. The number of rotatable bonds is 6. The second-order valence-electron chi connectivity index (χ2n) is 5.14. The predicted molar refractivity (Wildman–Crippen MR) is 94.2 cm³/mol. The Hall–Kier alpha value is -2.84. The van der Waals surface area contributed by atoms with E-state index >= 15 is 0 Å². The summed E-state index contributed by atoms with van der Waals surface area (Å²) in [6, 6.07) is 14.5. The molecule has 0 amide bonds. The van der Waals surface area contributed by atoms with Crippen molar-refractivity contribution in [3.8, 4) is 17.1 Å². The summed E-state index contributed by atoms with van der Waals surface area (Å²) in [4.78, 5) is 12.7. The fraction of sp³-hybridized carbons (Fsp3) is 0.118. The Balaban J connectivity index is 1.83. The van der Waals surface area contributed by atoms with Crippen LogP contribution in [-0.2, 0) is 16.8 Å². The third-order valence-corrected chi connectivity index (χ3v) is 3.94. The third-order valence-electron chi connectivity index (χ3n) is 3.37. The van der Waals surface area contributed by atoms with E-state index in [-0.39, 0.29) is 5.75 Å². The van der Waals surface area contributed by atoms with Gasteiger partial charge < -0.3 is 14.6 Å². The van der Waals surface area contributed by atoms with Crippen molar-refractivity contribution >= 4 is 22.7 Å².